The Morgan fingerprint density at radius 3 is 2.64 bits per heavy atom. The Morgan fingerprint density at radius 1 is 1.50 bits per heavy atom. The maximum Gasteiger partial charge on any atom is 0.236 e. The lowest BCUT2D eigenvalue weighted by atomic mass is 10.1. The maximum absolute atomic E-state index is 11.1. The van der Waals surface area contributed by atoms with Crippen LogP contribution in [0.4, 0.5) is 0 Å². The highest BCUT2D eigenvalue weighted by molar-refractivity contribution is 5.81. The summed E-state index contributed by atoms with van der Waals surface area (Å²) in [6.45, 7) is 3.02. The van der Waals surface area contributed by atoms with Gasteiger partial charge in [0.15, 0.2) is 5.96 Å². The van der Waals surface area contributed by atoms with Gasteiger partial charge in [-0.25, -0.2) is 0 Å². The predicted molar refractivity (Wildman–Crippen MR) is 55.8 cm³/mol. The van der Waals surface area contributed by atoms with E-state index in [2.05, 4.69) is 10.6 Å². The molecule has 0 aromatic rings. The lowest BCUT2D eigenvalue weighted by Gasteiger charge is -2.11. The minimum atomic E-state index is -0.469. The Kier molecular flexibility index (Phi) is 6.47. The second-order valence-corrected chi connectivity index (χ2v) is 2.98. The summed E-state index contributed by atoms with van der Waals surface area (Å²) in [7, 11) is 0. The van der Waals surface area contributed by atoms with Crippen molar-refractivity contribution >= 4 is 11.9 Å². The van der Waals surface area contributed by atoms with Gasteiger partial charge in [-0.05, 0) is 19.8 Å². The molecule has 14 heavy (non-hydrogen) atoms. The molecular weight excluding hydrogens is 182 g/mol. The summed E-state index contributed by atoms with van der Waals surface area (Å²) in [6, 6.07) is -0.469. The van der Waals surface area contributed by atoms with Gasteiger partial charge >= 0.3 is 0 Å². The zero-order valence-corrected chi connectivity index (χ0v) is 8.47. The van der Waals surface area contributed by atoms with Crippen molar-refractivity contribution in [1.82, 2.24) is 10.6 Å². The molecule has 0 spiro atoms. The van der Waals surface area contributed by atoms with Gasteiger partial charge in [0.25, 0.3) is 0 Å². The standard InChI is InChI=1S/C8H19N5O/c1-2-12-7(14)6(9)4-3-5-13-8(10)11/h6H,2-5,9H2,1H3,(H,12,14)(H4,10,11,13). The van der Waals surface area contributed by atoms with Crippen LogP contribution in [0.2, 0.25) is 0 Å². The lowest BCUT2D eigenvalue weighted by molar-refractivity contribution is -0.122. The van der Waals surface area contributed by atoms with Gasteiger partial charge in [0.1, 0.15) is 0 Å². The van der Waals surface area contributed by atoms with E-state index in [1.54, 1.807) is 0 Å². The summed E-state index contributed by atoms with van der Waals surface area (Å²) in [4.78, 5) is 11.1. The first-order valence-electron chi connectivity index (χ1n) is 4.69. The van der Waals surface area contributed by atoms with Crippen LogP contribution in [0.1, 0.15) is 19.8 Å². The number of likely N-dealkylation sites (N-methyl/N-ethyl adjacent to an activating group) is 1. The Balaban J connectivity index is 3.48. The number of guanidine groups is 1. The molecule has 0 saturated heterocycles. The fraction of sp³-hybridized carbons (Fsp3) is 0.750. The van der Waals surface area contributed by atoms with Crippen LogP contribution in [0.15, 0.2) is 0 Å². The van der Waals surface area contributed by atoms with Crippen molar-refractivity contribution in [3.8, 4) is 0 Å². The number of nitrogens with one attached hydrogen (secondary N) is 3. The van der Waals surface area contributed by atoms with Crippen molar-refractivity contribution in [3.63, 3.8) is 0 Å². The van der Waals surface area contributed by atoms with Gasteiger partial charge in [0, 0.05) is 13.1 Å². The summed E-state index contributed by atoms with van der Waals surface area (Å²) in [5, 5.41) is 12.2. The minimum absolute atomic E-state index is 0.0587. The van der Waals surface area contributed by atoms with Crippen molar-refractivity contribution in [2.24, 2.45) is 11.5 Å². The number of hydrogen-bond donors (Lipinski definition) is 5. The second kappa shape index (κ2) is 7.14. The van der Waals surface area contributed by atoms with Crippen LogP contribution >= 0.6 is 0 Å². The van der Waals surface area contributed by atoms with Gasteiger partial charge in [-0.2, -0.15) is 0 Å². The van der Waals surface area contributed by atoms with Crippen LogP contribution in [0.3, 0.4) is 0 Å². The summed E-state index contributed by atoms with van der Waals surface area (Å²) in [6.07, 6.45) is 1.31. The van der Waals surface area contributed by atoms with Crippen LogP contribution < -0.4 is 22.1 Å². The highest BCUT2D eigenvalue weighted by Gasteiger charge is 2.10. The average molecular weight is 201 g/mol. The average Bonchev–Trinajstić information content (AvgIpc) is 2.12. The number of carbonyl (C=O) groups excluding carboxylic acids is 1. The van der Waals surface area contributed by atoms with Crippen molar-refractivity contribution in [3.05, 3.63) is 0 Å². The largest absolute Gasteiger partial charge is 0.370 e. The van der Waals surface area contributed by atoms with E-state index in [1.165, 1.54) is 0 Å². The summed E-state index contributed by atoms with van der Waals surface area (Å²) in [5.41, 5.74) is 10.7. The normalized spacial score (nSPS) is 11.9. The Hall–Kier alpha value is -1.30. The number of nitrogens with two attached hydrogens (primary N) is 2. The molecule has 1 unspecified atom stereocenters. The van der Waals surface area contributed by atoms with Gasteiger partial charge in [0.2, 0.25) is 5.91 Å². The predicted octanol–water partition coefficient (Wildman–Crippen LogP) is -1.29. The van der Waals surface area contributed by atoms with E-state index in [-0.39, 0.29) is 11.9 Å². The van der Waals surface area contributed by atoms with Gasteiger partial charge in [-0.15, -0.1) is 0 Å². The quantitative estimate of drug-likeness (QED) is 0.209. The fourth-order valence-electron chi connectivity index (χ4n) is 0.981. The van der Waals surface area contributed by atoms with Crippen LogP contribution in [-0.4, -0.2) is 31.0 Å². The summed E-state index contributed by atoms with van der Waals surface area (Å²) in [5.74, 6) is -0.188. The molecule has 0 aliphatic carbocycles. The molecule has 0 heterocycles. The topological polar surface area (TPSA) is 117 Å². The first-order chi connectivity index (χ1) is 6.57. The molecule has 0 aliphatic rings. The van der Waals surface area contributed by atoms with Gasteiger partial charge in [0.05, 0.1) is 6.04 Å². The highest BCUT2D eigenvalue weighted by Crippen LogP contribution is 1.93. The molecule has 1 atom stereocenters. The molecule has 0 radical (unpaired) electrons. The first-order valence-corrected chi connectivity index (χ1v) is 4.69. The zero-order chi connectivity index (χ0) is 11.0. The van der Waals surface area contributed by atoms with Gasteiger partial charge in [-0.1, -0.05) is 0 Å². The summed E-state index contributed by atoms with van der Waals surface area (Å²) >= 11 is 0. The molecule has 0 bridgehead atoms. The molecule has 0 aliphatic heterocycles. The van der Waals surface area contributed by atoms with E-state index in [4.69, 9.17) is 16.9 Å². The molecule has 0 aromatic heterocycles. The lowest BCUT2D eigenvalue weighted by Crippen LogP contribution is -2.41. The molecule has 1 amide bonds. The van der Waals surface area contributed by atoms with Crippen molar-refractivity contribution in [2.75, 3.05) is 13.1 Å². The second-order valence-electron chi connectivity index (χ2n) is 2.98. The Bertz CT molecular complexity index is 194. The van der Waals surface area contributed by atoms with Crippen LogP contribution in [0.5, 0.6) is 0 Å². The third-order valence-electron chi connectivity index (χ3n) is 1.70. The third-order valence-corrected chi connectivity index (χ3v) is 1.70. The number of hydrogen-bond acceptors (Lipinski definition) is 3. The molecular formula is C8H19N5O. The molecule has 0 saturated carbocycles. The van der Waals surface area contributed by atoms with Crippen LogP contribution in [0, 0.1) is 5.41 Å². The smallest absolute Gasteiger partial charge is 0.236 e. The van der Waals surface area contributed by atoms with Crippen molar-refractivity contribution in [1.29, 1.82) is 5.41 Å². The van der Waals surface area contributed by atoms with E-state index in [0.29, 0.717) is 19.5 Å². The summed E-state index contributed by atoms with van der Waals surface area (Å²) < 4.78 is 0. The number of rotatable bonds is 6. The van der Waals surface area contributed by atoms with E-state index >= 15 is 0 Å². The molecule has 82 valence electrons. The maximum atomic E-state index is 11.1. The highest BCUT2D eigenvalue weighted by atomic mass is 16.2. The SMILES string of the molecule is CCNC(=O)C(N)CCCNC(=N)N. The molecule has 6 nitrogen and oxygen atoms in total. The number of carbonyl (C=O) groups is 1. The Morgan fingerprint density at radius 2 is 2.14 bits per heavy atom. The van der Waals surface area contributed by atoms with Gasteiger partial charge in [-0.3, -0.25) is 10.2 Å². The van der Waals surface area contributed by atoms with E-state index in [1.807, 2.05) is 6.92 Å². The van der Waals surface area contributed by atoms with Crippen molar-refractivity contribution in [2.45, 2.75) is 25.8 Å². The zero-order valence-electron chi connectivity index (χ0n) is 8.47. The van der Waals surface area contributed by atoms with E-state index < -0.39 is 6.04 Å². The molecule has 6 heteroatoms. The first kappa shape index (κ1) is 12.7. The van der Waals surface area contributed by atoms with Crippen molar-refractivity contribution < 1.29 is 4.79 Å². The van der Waals surface area contributed by atoms with Crippen LogP contribution in [0.25, 0.3) is 0 Å². The van der Waals surface area contributed by atoms with Gasteiger partial charge < -0.3 is 22.1 Å². The Labute approximate surface area is 83.9 Å². The monoisotopic (exact) mass is 201 g/mol. The third kappa shape index (κ3) is 6.24. The molecule has 7 N–H and O–H groups in total. The molecule has 0 rings (SSSR count). The fourth-order valence-corrected chi connectivity index (χ4v) is 0.981. The van der Waals surface area contributed by atoms with E-state index in [9.17, 15) is 4.79 Å². The minimum Gasteiger partial charge on any atom is -0.370 e. The molecule has 0 aromatic carbocycles. The van der Waals surface area contributed by atoms with Crippen LogP contribution in [-0.2, 0) is 4.79 Å². The molecule has 0 fully saturated rings. The van der Waals surface area contributed by atoms with E-state index in [0.717, 1.165) is 6.42 Å². The number of amides is 1.